The third kappa shape index (κ3) is 5.88. The number of sulfonamides is 1. The summed E-state index contributed by atoms with van der Waals surface area (Å²) in [6.07, 6.45) is 1.65. The van der Waals surface area contributed by atoms with Gasteiger partial charge in [0.1, 0.15) is 0 Å². The highest BCUT2D eigenvalue weighted by atomic mass is 32.2. The van der Waals surface area contributed by atoms with Crippen molar-refractivity contribution in [1.29, 1.82) is 5.26 Å². The largest absolute Gasteiger partial charge is 0.331 e. The minimum atomic E-state index is -3.75. The number of amides is 1. The van der Waals surface area contributed by atoms with Gasteiger partial charge < -0.3 is 4.90 Å². The number of nitrogens with zero attached hydrogens (tertiary/aromatic N) is 2. The lowest BCUT2D eigenvalue weighted by Crippen LogP contribution is -2.30. The highest BCUT2D eigenvalue weighted by molar-refractivity contribution is 7.92. The zero-order valence-corrected chi connectivity index (χ0v) is 19.4. The van der Waals surface area contributed by atoms with E-state index in [2.05, 4.69) is 17.4 Å². The molecule has 0 fully saturated rings. The van der Waals surface area contributed by atoms with Gasteiger partial charge in [0.05, 0.1) is 16.5 Å². The SMILES string of the molecule is C=CCN(Cc1ccc(C#N)cc1)C(=O)c1ccc(NS(=O)(=O)c2cc(C)ccc2C)cc1. The van der Waals surface area contributed by atoms with E-state index < -0.39 is 10.0 Å². The Morgan fingerprint density at radius 3 is 2.33 bits per heavy atom. The average molecular weight is 460 g/mol. The van der Waals surface area contributed by atoms with Gasteiger partial charge in [-0.2, -0.15) is 5.26 Å². The van der Waals surface area contributed by atoms with E-state index in [-0.39, 0.29) is 10.8 Å². The number of anilines is 1. The van der Waals surface area contributed by atoms with E-state index in [1.807, 2.05) is 25.1 Å². The first-order valence-corrected chi connectivity index (χ1v) is 11.8. The number of benzene rings is 3. The number of nitriles is 1. The van der Waals surface area contributed by atoms with Gasteiger partial charge in [-0.15, -0.1) is 6.58 Å². The first kappa shape index (κ1) is 23.8. The smallest absolute Gasteiger partial charge is 0.262 e. The monoisotopic (exact) mass is 459 g/mol. The van der Waals surface area contributed by atoms with E-state index in [1.54, 1.807) is 66.4 Å². The Labute approximate surface area is 194 Å². The Hall–Kier alpha value is -3.89. The molecule has 0 saturated heterocycles. The van der Waals surface area contributed by atoms with Gasteiger partial charge in [-0.1, -0.05) is 30.3 Å². The van der Waals surface area contributed by atoms with E-state index >= 15 is 0 Å². The van der Waals surface area contributed by atoms with Crippen LogP contribution in [0.15, 0.2) is 84.3 Å². The molecule has 3 rings (SSSR count). The van der Waals surface area contributed by atoms with Gasteiger partial charge >= 0.3 is 0 Å². The molecule has 0 spiro atoms. The van der Waals surface area contributed by atoms with Crippen LogP contribution in [-0.4, -0.2) is 25.8 Å². The van der Waals surface area contributed by atoms with Crippen molar-refractivity contribution < 1.29 is 13.2 Å². The molecule has 33 heavy (non-hydrogen) atoms. The highest BCUT2D eigenvalue weighted by Gasteiger charge is 2.19. The van der Waals surface area contributed by atoms with Crippen molar-refractivity contribution in [1.82, 2.24) is 4.90 Å². The summed E-state index contributed by atoms with van der Waals surface area (Å²) < 4.78 is 28.2. The van der Waals surface area contributed by atoms with Gasteiger partial charge in [0, 0.05) is 24.3 Å². The maximum absolute atomic E-state index is 13.0. The van der Waals surface area contributed by atoms with Crippen molar-refractivity contribution in [3.8, 4) is 6.07 Å². The molecule has 0 heterocycles. The quantitative estimate of drug-likeness (QED) is 0.490. The van der Waals surface area contributed by atoms with Gasteiger partial charge in [0.15, 0.2) is 0 Å². The summed E-state index contributed by atoms with van der Waals surface area (Å²) in [5.74, 6) is -0.205. The predicted molar refractivity (Wildman–Crippen MR) is 129 cm³/mol. The third-order valence-electron chi connectivity index (χ3n) is 5.11. The van der Waals surface area contributed by atoms with Crippen molar-refractivity contribution in [3.05, 3.63) is 107 Å². The van der Waals surface area contributed by atoms with Gasteiger partial charge in [-0.25, -0.2) is 8.42 Å². The molecular weight excluding hydrogens is 434 g/mol. The van der Waals surface area contributed by atoms with Crippen LogP contribution in [0.2, 0.25) is 0 Å². The van der Waals surface area contributed by atoms with Gasteiger partial charge in [0.2, 0.25) is 0 Å². The molecule has 3 aromatic rings. The standard InChI is InChI=1S/C26H25N3O3S/c1-4-15-29(18-22-9-7-21(17-27)8-10-22)26(30)23-11-13-24(14-12-23)28-33(31,32)25-16-19(2)5-6-20(25)3/h4-14,16,28H,1,15,18H2,2-3H3. The molecule has 7 heteroatoms. The molecule has 1 N–H and O–H groups in total. The molecule has 0 saturated carbocycles. The zero-order valence-electron chi connectivity index (χ0n) is 18.6. The highest BCUT2D eigenvalue weighted by Crippen LogP contribution is 2.21. The van der Waals surface area contributed by atoms with E-state index in [1.165, 1.54) is 0 Å². The molecule has 0 bridgehead atoms. The van der Waals surface area contributed by atoms with Crippen molar-refractivity contribution in [2.45, 2.75) is 25.3 Å². The van der Waals surface area contributed by atoms with Crippen LogP contribution in [0.1, 0.15) is 32.6 Å². The number of hydrogen-bond donors (Lipinski definition) is 1. The van der Waals surface area contributed by atoms with Crippen LogP contribution in [0.25, 0.3) is 0 Å². The molecule has 0 atom stereocenters. The summed E-state index contributed by atoms with van der Waals surface area (Å²) in [4.78, 5) is 14.9. The van der Waals surface area contributed by atoms with Crippen molar-refractivity contribution >= 4 is 21.6 Å². The topological polar surface area (TPSA) is 90.3 Å². The summed E-state index contributed by atoms with van der Waals surface area (Å²) in [5.41, 5.74) is 3.76. The maximum Gasteiger partial charge on any atom is 0.262 e. The van der Waals surface area contributed by atoms with E-state index in [9.17, 15) is 13.2 Å². The molecular formula is C26H25N3O3S. The summed E-state index contributed by atoms with van der Waals surface area (Å²) in [7, 11) is -3.75. The number of carbonyl (C=O) groups is 1. The lowest BCUT2D eigenvalue weighted by Gasteiger charge is -2.21. The predicted octanol–water partition coefficient (Wildman–Crippen LogP) is 4.80. The lowest BCUT2D eigenvalue weighted by molar-refractivity contribution is 0.0762. The van der Waals surface area contributed by atoms with Crippen LogP contribution in [0.5, 0.6) is 0 Å². The second kappa shape index (κ2) is 10.2. The molecule has 0 radical (unpaired) electrons. The summed E-state index contributed by atoms with van der Waals surface area (Å²) in [6.45, 7) is 8.02. The van der Waals surface area contributed by atoms with Crippen molar-refractivity contribution in [2.24, 2.45) is 0 Å². The fourth-order valence-corrected chi connectivity index (χ4v) is 4.74. The van der Waals surface area contributed by atoms with Crippen LogP contribution >= 0.6 is 0 Å². The van der Waals surface area contributed by atoms with Crippen molar-refractivity contribution in [3.63, 3.8) is 0 Å². The molecule has 0 aliphatic rings. The minimum absolute atomic E-state index is 0.205. The second-order valence-corrected chi connectivity index (χ2v) is 9.39. The number of hydrogen-bond acceptors (Lipinski definition) is 4. The summed E-state index contributed by atoms with van der Waals surface area (Å²) in [5, 5.41) is 8.94. The van der Waals surface area contributed by atoms with E-state index in [0.717, 1.165) is 11.1 Å². The number of nitrogens with one attached hydrogen (secondary N) is 1. The van der Waals surface area contributed by atoms with Crippen LogP contribution in [0.3, 0.4) is 0 Å². The van der Waals surface area contributed by atoms with Gasteiger partial charge in [-0.05, 0) is 73.0 Å². The molecule has 6 nitrogen and oxygen atoms in total. The van der Waals surface area contributed by atoms with Crippen LogP contribution in [0, 0.1) is 25.2 Å². The van der Waals surface area contributed by atoms with Crippen molar-refractivity contribution in [2.75, 3.05) is 11.3 Å². The molecule has 0 unspecified atom stereocenters. The molecule has 0 aliphatic heterocycles. The maximum atomic E-state index is 13.0. The Bertz CT molecular complexity index is 1310. The van der Waals surface area contributed by atoms with Gasteiger partial charge in [-0.3, -0.25) is 9.52 Å². The third-order valence-corrected chi connectivity index (χ3v) is 6.63. The first-order chi connectivity index (χ1) is 15.7. The Morgan fingerprint density at radius 2 is 1.73 bits per heavy atom. The second-order valence-electron chi connectivity index (χ2n) is 7.73. The fraction of sp³-hybridized carbons (Fsp3) is 0.154. The van der Waals surface area contributed by atoms with Crippen LogP contribution in [0.4, 0.5) is 5.69 Å². The molecule has 1 amide bonds. The Morgan fingerprint density at radius 1 is 1.06 bits per heavy atom. The normalized spacial score (nSPS) is 10.8. The van der Waals surface area contributed by atoms with Crippen LogP contribution in [-0.2, 0) is 16.6 Å². The van der Waals surface area contributed by atoms with Crippen LogP contribution < -0.4 is 4.72 Å². The summed E-state index contributed by atoms with van der Waals surface area (Å²) in [6, 6.07) is 20.7. The number of aryl methyl sites for hydroxylation is 2. The Kier molecular flexibility index (Phi) is 7.31. The molecule has 0 aromatic heterocycles. The average Bonchev–Trinajstić information content (AvgIpc) is 2.80. The lowest BCUT2D eigenvalue weighted by atomic mass is 10.1. The first-order valence-electron chi connectivity index (χ1n) is 10.3. The van der Waals surface area contributed by atoms with Gasteiger partial charge in [0.25, 0.3) is 15.9 Å². The summed E-state index contributed by atoms with van der Waals surface area (Å²) >= 11 is 0. The minimum Gasteiger partial charge on any atom is -0.331 e. The molecule has 3 aromatic carbocycles. The number of carbonyl (C=O) groups excluding carboxylic acids is 1. The molecule has 0 aliphatic carbocycles. The van der Waals surface area contributed by atoms with E-state index in [4.69, 9.17) is 5.26 Å². The molecule has 168 valence electrons. The fourth-order valence-electron chi connectivity index (χ4n) is 3.35. The Balaban J connectivity index is 1.76. The zero-order chi connectivity index (χ0) is 24.0. The number of rotatable bonds is 8. The van der Waals surface area contributed by atoms with E-state index in [0.29, 0.717) is 35.5 Å².